The Kier molecular flexibility index (Phi) is 6.28. The number of anilines is 1. The van der Waals surface area contributed by atoms with Crippen molar-refractivity contribution in [2.75, 3.05) is 11.9 Å². The van der Waals surface area contributed by atoms with E-state index in [9.17, 15) is 9.90 Å². The van der Waals surface area contributed by atoms with Crippen LogP contribution in [-0.2, 0) is 17.8 Å². The number of aliphatic hydroxyl groups is 2. The van der Waals surface area contributed by atoms with Gasteiger partial charge in [0.2, 0.25) is 5.91 Å². The number of hydrogen-bond donors (Lipinski definition) is 3. The van der Waals surface area contributed by atoms with E-state index in [0.717, 1.165) is 12.0 Å². The molecule has 0 aliphatic carbocycles. The molecule has 19 heavy (non-hydrogen) atoms. The highest BCUT2D eigenvalue weighted by Gasteiger charge is 2.23. The average Bonchev–Trinajstić information content (AvgIpc) is 2.45. The van der Waals surface area contributed by atoms with Gasteiger partial charge in [-0.2, -0.15) is 0 Å². The van der Waals surface area contributed by atoms with Gasteiger partial charge < -0.3 is 15.5 Å². The van der Waals surface area contributed by atoms with Crippen molar-refractivity contribution in [2.45, 2.75) is 32.3 Å². The second-order valence-electron chi connectivity index (χ2n) is 4.51. The molecule has 2 atom stereocenters. The van der Waals surface area contributed by atoms with Crippen LogP contribution < -0.4 is 5.32 Å². The van der Waals surface area contributed by atoms with Gasteiger partial charge in [0, 0.05) is 23.8 Å². The molecular formula is C14H20ClNO3. The first-order valence-corrected chi connectivity index (χ1v) is 6.76. The predicted octanol–water partition coefficient (Wildman–Crippen LogP) is 1.92. The molecule has 1 amide bonds. The number of aliphatic hydroxyl groups excluding tert-OH is 2. The number of halogens is 1. The van der Waals surface area contributed by atoms with Crippen LogP contribution in [0.1, 0.15) is 25.0 Å². The van der Waals surface area contributed by atoms with Gasteiger partial charge in [-0.1, -0.05) is 32.0 Å². The highest BCUT2D eigenvalue weighted by molar-refractivity contribution is 6.32. The van der Waals surface area contributed by atoms with Gasteiger partial charge in [-0.15, -0.1) is 11.6 Å². The van der Waals surface area contributed by atoms with Crippen molar-refractivity contribution in [3.63, 3.8) is 0 Å². The molecule has 1 rings (SSSR count). The molecule has 0 saturated carbocycles. The van der Waals surface area contributed by atoms with Gasteiger partial charge in [0.1, 0.15) is 5.38 Å². The van der Waals surface area contributed by atoms with Gasteiger partial charge >= 0.3 is 0 Å². The third-order valence-corrected chi connectivity index (χ3v) is 3.70. The van der Waals surface area contributed by atoms with E-state index >= 15 is 0 Å². The molecule has 5 heteroatoms. The summed E-state index contributed by atoms with van der Waals surface area (Å²) in [4.78, 5) is 12.0. The maximum Gasteiger partial charge on any atom is 0.242 e. The van der Waals surface area contributed by atoms with Crippen LogP contribution in [0.3, 0.4) is 0 Å². The van der Waals surface area contributed by atoms with Crippen LogP contribution in [0.15, 0.2) is 18.2 Å². The Bertz CT molecular complexity index is 414. The summed E-state index contributed by atoms with van der Waals surface area (Å²) in [6, 6.07) is 5.50. The maximum atomic E-state index is 12.0. The molecule has 4 nitrogen and oxygen atoms in total. The Balaban J connectivity index is 2.95. The van der Waals surface area contributed by atoms with Crippen LogP contribution in [0.2, 0.25) is 0 Å². The van der Waals surface area contributed by atoms with Gasteiger partial charge in [0.15, 0.2) is 0 Å². The van der Waals surface area contributed by atoms with E-state index < -0.39 is 5.38 Å². The molecule has 0 bridgehead atoms. The molecule has 0 aromatic heterocycles. The summed E-state index contributed by atoms with van der Waals surface area (Å²) in [6.45, 7) is 3.38. The average molecular weight is 286 g/mol. The van der Waals surface area contributed by atoms with E-state index in [-0.39, 0.29) is 25.0 Å². The lowest BCUT2D eigenvalue weighted by Gasteiger charge is -2.18. The molecule has 2 unspecified atom stereocenters. The Morgan fingerprint density at radius 2 is 2.00 bits per heavy atom. The third kappa shape index (κ3) is 3.93. The molecule has 3 N–H and O–H groups in total. The second kappa shape index (κ2) is 7.48. The van der Waals surface area contributed by atoms with Gasteiger partial charge in [0.05, 0.1) is 6.61 Å². The Morgan fingerprint density at radius 1 is 1.37 bits per heavy atom. The molecule has 0 aliphatic heterocycles. The number of amides is 1. The summed E-state index contributed by atoms with van der Waals surface area (Å²) in [5.41, 5.74) is 2.22. The van der Waals surface area contributed by atoms with Crippen molar-refractivity contribution in [2.24, 2.45) is 5.92 Å². The predicted molar refractivity (Wildman–Crippen MR) is 76.3 cm³/mol. The topological polar surface area (TPSA) is 69.6 Å². The lowest BCUT2D eigenvalue weighted by atomic mass is 10.0. The highest BCUT2D eigenvalue weighted by Crippen LogP contribution is 2.23. The van der Waals surface area contributed by atoms with E-state index in [0.29, 0.717) is 11.3 Å². The molecular weight excluding hydrogens is 266 g/mol. The first kappa shape index (κ1) is 16.0. The minimum absolute atomic E-state index is 0.147. The van der Waals surface area contributed by atoms with Gasteiger partial charge in [-0.3, -0.25) is 4.79 Å². The quantitative estimate of drug-likeness (QED) is 0.700. The SMILES string of the molecule is CCc1cccc(CO)c1NC(=O)C(Cl)C(C)CO. The molecule has 0 saturated heterocycles. The van der Waals surface area contributed by atoms with Crippen molar-refractivity contribution in [1.82, 2.24) is 0 Å². The number of carbonyl (C=O) groups is 1. The van der Waals surface area contributed by atoms with Crippen LogP contribution >= 0.6 is 11.6 Å². The Morgan fingerprint density at radius 3 is 2.53 bits per heavy atom. The minimum Gasteiger partial charge on any atom is -0.396 e. The van der Waals surface area contributed by atoms with Crippen LogP contribution in [-0.4, -0.2) is 28.1 Å². The van der Waals surface area contributed by atoms with Crippen molar-refractivity contribution in [3.8, 4) is 0 Å². The standard InChI is InChI=1S/C14H20ClNO3/c1-3-10-5-4-6-11(8-18)13(10)16-14(19)12(15)9(2)7-17/h4-6,9,12,17-18H,3,7-8H2,1-2H3,(H,16,19). The summed E-state index contributed by atoms with van der Waals surface area (Å²) in [6.07, 6.45) is 0.742. The molecule has 0 spiro atoms. The summed E-state index contributed by atoms with van der Waals surface area (Å²) >= 11 is 5.99. The Hall–Kier alpha value is -1.10. The summed E-state index contributed by atoms with van der Waals surface area (Å²) in [5, 5.41) is 20.3. The number of carbonyl (C=O) groups excluding carboxylic acids is 1. The van der Waals surface area contributed by atoms with Crippen molar-refractivity contribution >= 4 is 23.2 Å². The smallest absolute Gasteiger partial charge is 0.242 e. The van der Waals surface area contributed by atoms with Crippen molar-refractivity contribution in [3.05, 3.63) is 29.3 Å². The van der Waals surface area contributed by atoms with E-state index in [4.69, 9.17) is 16.7 Å². The van der Waals surface area contributed by atoms with E-state index in [1.165, 1.54) is 0 Å². The van der Waals surface area contributed by atoms with Gasteiger partial charge in [-0.25, -0.2) is 0 Å². The van der Waals surface area contributed by atoms with Crippen LogP contribution in [0.4, 0.5) is 5.69 Å². The summed E-state index contributed by atoms with van der Waals surface area (Å²) in [7, 11) is 0. The van der Waals surface area contributed by atoms with Crippen molar-refractivity contribution in [1.29, 1.82) is 0 Å². The third-order valence-electron chi connectivity index (χ3n) is 3.07. The number of aryl methyl sites for hydroxylation is 1. The molecule has 1 aromatic carbocycles. The maximum absolute atomic E-state index is 12.0. The highest BCUT2D eigenvalue weighted by atomic mass is 35.5. The number of para-hydroxylation sites is 1. The largest absolute Gasteiger partial charge is 0.396 e. The lowest BCUT2D eigenvalue weighted by Crippen LogP contribution is -2.31. The number of benzene rings is 1. The molecule has 0 radical (unpaired) electrons. The van der Waals surface area contributed by atoms with E-state index in [1.54, 1.807) is 13.0 Å². The fourth-order valence-electron chi connectivity index (χ4n) is 1.78. The fourth-order valence-corrected chi connectivity index (χ4v) is 1.92. The Labute approximate surface area is 118 Å². The zero-order chi connectivity index (χ0) is 14.4. The molecule has 1 aromatic rings. The number of alkyl halides is 1. The fraction of sp³-hybridized carbons (Fsp3) is 0.500. The molecule has 0 fully saturated rings. The first-order valence-electron chi connectivity index (χ1n) is 6.32. The minimum atomic E-state index is -0.804. The van der Waals surface area contributed by atoms with E-state index in [2.05, 4.69) is 5.32 Å². The normalized spacial score (nSPS) is 13.9. The summed E-state index contributed by atoms with van der Waals surface area (Å²) < 4.78 is 0. The number of hydrogen-bond acceptors (Lipinski definition) is 3. The van der Waals surface area contributed by atoms with Crippen LogP contribution in [0, 0.1) is 5.92 Å². The lowest BCUT2D eigenvalue weighted by molar-refractivity contribution is -0.116. The zero-order valence-corrected chi connectivity index (χ0v) is 11.9. The van der Waals surface area contributed by atoms with Gasteiger partial charge in [-0.05, 0) is 12.0 Å². The van der Waals surface area contributed by atoms with E-state index in [1.807, 2.05) is 19.1 Å². The molecule has 106 valence electrons. The number of rotatable bonds is 6. The van der Waals surface area contributed by atoms with Crippen molar-refractivity contribution < 1.29 is 15.0 Å². The summed E-state index contributed by atoms with van der Waals surface area (Å²) in [5.74, 6) is -0.688. The van der Waals surface area contributed by atoms with Crippen LogP contribution in [0.25, 0.3) is 0 Å². The molecule has 0 heterocycles. The monoisotopic (exact) mass is 285 g/mol. The first-order chi connectivity index (χ1) is 9.04. The molecule has 0 aliphatic rings. The second-order valence-corrected chi connectivity index (χ2v) is 4.98. The number of nitrogens with one attached hydrogen (secondary N) is 1. The van der Waals surface area contributed by atoms with Crippen LogP contribution in [0.5, 0.6) is 0 Å². The van der Waals surface area contributed by atoms with Gasteiger partial charge in [0.25, 0.3) is 0 Å². The zero-order valence-electron chi connectivity index (χ0n) is 11.2.